The van der Waals surface area contributed by atoms with E-state index in [9.17, 15) is 5.11 Å². The third-order valence-electron chi connectivity index (χ3n) is 3.39. The molecule has 3 nitrogen and oxygen atoms in total. The van der Waals surface area contributed by atoms with Crippen molar-refractivity contribution in [1.82, 2.24) is 4.90 Å². The predicted octanol–water partition coefficient (Wildman–Crippen LogP) is 2.57. The molecule has 0 unspecified atom stereocenters. The van der Waals surface area contributed by atoms with E-state index in [0.29, 0.717) is 0 Å². The molecular weight excluding hydrogens is 214 g/mol. The topological polar surface area (TPSA) is 36.6 Å². The van der Waals surface area contributed by atoms with Gasteiger partial charge in [0.2, 0.25) is 0 Å². The molecule has 3 heteroatoms. The number of aliphatic hydroxyl groups excluding tert-OH is 1. The van der Waals surface area contributed by atoms with Crippen LogP contribution in [0.5, 0.6) is 0 Å². The second kappa shape index (κ2) is 4.83. The Labute approximate surface area is 103 Å². The first-order valence-corrected chi connectivity index (χ1v) is 6.40. The van der Waals surface area contributed by atoms with Gasteiger partial charge in [-0.3, -0.25) is 4.90 Å². The lowest BCUT2D eigenvalue weighted by Crippen LogP contribution is -2.32. The van der Waals surface area contributed by atoms with Gasteiger partial charge in [-0.05, 0) is 37.3 Å². The van der Waals surface area contributed by atoms with Crippen molar-refractivity contribution in [2.24, 2.45) is 5.41 Å². The van der Waals surface area contributed by atoms with E-state index in [0.717, 1.165) is 44.0 Å². The maximum Gasteiger partial charge on any atom is 0.118 e. The van der Waals surface area contributed by atoms with Crippen molar-refractivity contribution in [3.8, 4) is 0 Å². The lowest BCUT2D eigenvalue weighted by molar-refractivity contribution is 0.121. The lowest BCUT2D eigenvalue weighted by Gasteiger charge is -2.29. The molecule has 1 fully saturated rings. The molecule has 0 bridgehead atoms. The largest absolute Gasteiger partial charge is 0.465 e. The van der Waals surface area contributed by atoms with E-state index >= 15 is 0 Å². The summed E-state index contributed by atoms with van der Waals surface area (Å²) in [5.74, 6) is 1.99. The van der Waals surface area contributed by atoms with Gasteiger partial charge in [0.15, 0.2) is 0 Å². The van der Waals surface area contributed by atoms with E-state index in [1.54, 1.807) is 0 Å². The van der Waals surface area contributed by atoms with E-state index in [4.69, 9.17) is 4.42 Å². The Kier molecular flexibility index (Phi) is 3.59. The molecular formula is C14H23NO2. The SMILES string of the molecule is Cc1ccc(CN2CC[C@@H](O)CC(C)(C)C2)o1. The molecule has 1 atom stereocenters. The number of furan rings is 1. The van der Waals surface area contributed by atoms with Crippen molar-refractivity contribution in [1.29, 1.82) is 0 Å². The molecule has 0 aliphatic carbocycles. The van der Waals surface area contributed by atoms with Gasteiger partial charge in [-0.2, -0.15) is 0 Å². The van der Waals surface area contributed by atoms with Crippen LogP contribution in [0.15, 0.2) is 16.5 Å². The molecule has 1 N–H and O–H groups in total. The first kappa shape index (κ1) is 12.7. The van der Waals surface area contributed by atoms with Gasteiger partial charge in [0.25, 0.3) is 0 Å². The highest BCUT2D eigenvalue weighted by Gasteiger charge is 2.29. The molecule has 0 spiro atoms. The number of aliphatic hydroxyl groups is 1. The lowest BCUT2D eigenvalue weighted by atomic mass is 9.87. The minimum absolute atomic E-state index is 0.159. The van der Waals surface area contributed by atoms with E-state index in [-0.39, 0.29) is 11.5 Å². The first-order valence-electron chi connectivity index (χ1n) is 6.40. The molecule has 17 heavy (non-hydrogen) atoms. The fraction of sp³-hybridized carbons (Fsp3) is 0.714. The van der Waals surface area contributed by atoms with Crippen molar-refractivity contribution in [2.75, 3.05) is 13.1 Å². The predicted molar refractivity (Wildman–Crippen MR) is 67.7 cm³/mol. The van der Waals surface area contributed by atoms with Crippen molar-refractivity contribution in [3.63, 3.8) is 0 Å². The first-order chi connectivity index (χ1) is 7.94. The van der Waals surface area contributed by atoms with E-state index in [1.807, 2.05) is 19.1 Å². The van der Waals surface area contributed by atoms with Gasteiger partial charge in [0, 0.05) is 13.1 Å². The molecule has 1 aromatic rings. The van der Waals surface area contributed by atoms with Crippen molar-refractivity contribution in [3.05, 3.63) is 23.7 Å². The van der Waals surface area contributed by atoms with Gasteiger partial charge in [0.1, 0.15) is 11.5 Å². The molecule has 0 saturated carbocycles. The molecule has 1 aliphatic rings. The Hall–Kier alpha value is -0.800. The number of nitrogens with zero attached hydrogens (tertiary/aromatic N) is 1. The number of hydrogen-bond acceptors (Lipinski definition) is 3. The minimum atomic E-state index is -0.159. The van der Waals surface area contributed by atoms with Crippen LogP contribution in [0, 0.1) is 12.3 Å². The molecule has 2 rings (SSSR count). The maximum absolute atomic E-state index is 9.86. The summed E-state index contributed by atoms with van der Waals surface area (Å²) in [6.07, 6.45) is 1.59. The minimum Gasteiger partial charge on any atom is -0.465 e. The zero-order valence-electron chi connectivity index (χ0n) is 11.1. The second-order valence-corrected chi connectivity index (χ2v) is 6.03. The molecule has 1 saturated heterocycles. The van der Waals surface area contributed by atoms with Crippen LogP contribution in [-0.2, 0) is 6.54 Å². The summed E-state index contributed by atoms with van der Waals surface area (Å²) in [6, 6.07) is 4.05. The Morgan fingerprint density at radius 2 is 2.24 bits per heavy atom. The highest BCUT2D eigenvalue weighted by atomic mass is 16.3. The van der Waals surface area contributed by atoms with Crippen LogP contribution >= 0.6 is 0 Å². The van der Waals surface area contributed by atoms with Gasteiger partial charge in [0.05, 0.1) is 12.6 Å². The fourth-order valence-corrected chi connectivity index (χ4v) is 2.75. The van der Waals surface area contributed by atoms with Gasteiger partial charge in [-0.1, -0.05) is 13.8 Å². The normalized spacial score (nSPS) is 25.8. The second-order valence-electron chi connectivity index (χ2n) is 6.03. The molecule has 1 aliphatic heterocycles. The highest BCUT2D eigenvalue weighted by Crippen LogP contribution is 2.29. The molecule has 96 valence electrons. The quantitative estimate of drug-likeness (QED) is 0.859. The molecule has 0 radical (unpaired) electrons. The van der Waals surface area contributed by atoms with Crippen molar-refractivity contribution >= 4 is 0 Å². The summed E-state index contributed by atoms with van der Waals surface area (Å²) in [4.78, 5) is 2.38. The highest BCUT2D eigenvalue weighted by molar-refractivity contribution is 5.05. The Balaban J connectivity index is 2.00. The van der Waals surface area contributed by atoms with Gasteiger partial charge < -0.3 is 9.52 Å². The number of rotatable bonds is 2. The van der Waals surface area contributed by atoms with Gasteiger partial charge in [-0.15, -0.1) is 0 Å². The average Bonchev–Trinajstić information content (AvgIpc) is 2.53. The molecule has 1 aromatic heterocycles. The summed E-state index contributed by atoms with van der Waals surface area (Å²) < 4.78 is 5.62. The van der Waals surface area contributed by atoms with Crippen LogP contribution < -0.4 is 0 Å². The molecule has 0 aromatic carbocycles. The van der Waals surface area contributed by atoms with Gasteiger partial charge in [-0.25, -0.2) is 0 Å². The zero-order valence-corrected chi connectivity index (χ0v) is 11.1. The van der Waals surface area contributed by atoms with Crippen LogP contribution in [-0.4, -0.2) is 29.2 Å². The fourth-order valence-electron chi connectivity index (χ4n) is 2.75. The van der Waals surface area contributed by atoms with Crippen LogP contribution in [0.25, 0.3) is 0 Å². The Bertz CT molecular complexity index is 370. The van der Waals surface area contributed by atoms with Crippen molar-refractivity contribution in [2.45, 2.75) is 46.3 Å². The third-order valence-corrected chi connectivity index (χ3v) is 3.39. The maximum atomic E-state index is 9.86. The zero-order chi connectivity index (χ0) is 12.5. The summed E-state index contributed by atoms with van der Waals surface area (Å²) in [6.45, 7) is 9.24. The van der Waals surface area contributed by atoms with Crippen LogP contribution in [0.1, 0.15) is 38.2 Å². The van der Waals surface area contributed by atoms with Crippen LogP contribution in [0.4, 0.5) is 0 Å². The summed E-state index contributed by atoms with van der Waals surface area (Å²) in [7, 11) is 0. The molecule has 0 amide bonds. The van der Waals surface area contributed by atoms with E-state index in [1.165, 1.54) is 0 Å². The summed E-state index contributed by atoms with van der Waals surface area (Å²) in [5, 5.41) is 9.86. The summed E-state index contributed by atoms with van der Waals surface area (Å²) in [5.41, 5.74) is 0.178. The Morgan fingerprint density at radius 1 is 1.47 bits per heavy atom. The van der Waals surface area contributed by atoms with Gasteiger partial charge >= 0.3 is 0 Å². The number of aryl methyl sites for hydroxylation is 1. The number of hydrogen-bond donors (Lipinski definition) is 1. The summed E-state index contributed by atoms with van der Waals surface area (Å²) >= 11 is 0. The van der Waals surface area contributed by atoms with E-state index < -0.39 is 0 Å². The van der Waals surface area contributed by atoms with Crippen LogP contribution in [0.3, 0.4) is 0 Å². The standard InChI is InChI=1S/C14H23NO2/c1-11-4-5-13(17-11)9-15-7-6-12(16)8-14(2,3)10-15/h4-5,12,16H,6-10H2,1-3H3/t12-/m1/s1. The monoisotopic (exact) mass is 237 g/mol. The average molecular weight is 237 g/mol. The number of likely N-dealkylation sites (tertiary alicyclic amines) is 1. The van der Waals surface area contributed by atoms with Crippen molar-refractivity contribution < 1.29 is 9.52 Å². The smallest absolute Gasteiger partial charge is 0.118 e. The molecule has 2 heterocycles. The Morgan fingerprint density at radius 3 is 2.88 bits per heavy atom. The van der Waals surface area contributed by atoms with Crippen LogP contribution in [0.2, 0.25) is 0 Å². The van der Waals surface area contributed by atoms with E-state index in [2.05, 4.69) is 18.7 Å². The third kappa shape index (κ3) is 3.58.